The van der Waals surface area contributed by atoms with Crippen LogP contribution in [0.3, 0.4) is 0 Å². The van der Waals surface area contributed by atoms with E-state index in [1.165, 1.54) is 0 Å². The molecule has 94 valence electrons. The van der Waals surface area contributed by atoms with Crippen LogP contribution < -0.4 is 0 Å². The minimum atomic E-state index is -0.368. The Balaban J connectivity index is 2.51. The van der Waals surface area contributed by atoms with Gasteiger partial charge >= 0.3 is 5.97 Å². The van der Waals surface area contributed by atoms with Crippen LogP contribution in [0.5, 0.6) is 0 Å². The summed E-state index contributed by atoms with van der Waals surface area (Å²) in [5.41, 5.74) is -0.229. The van der Waals surface area contributed by atoms with Crippen molar-refractivity contribution in [3.8, 4) is 0 Å². The molecule has 1 fully saturated rings. The summed E-state index contributed by atoms with van der Waals surface area (Å²) in [7, 11) is 0. The Labute approximate surface area is 98.5 Å². The van der Waals surface area contributed by atoms with Gasteiger partial charge in [0.25, 0.3) is 0 Å². The smallest absolute Gasteiger partial charge is 0.311 e. The second kappa shape index (κ2) is 4.74. The zero-order valence-electron chi connectivity index (χ0n) is 11.1. The Bertz CT molecular complexity index is 250. The summed E-state index contributed by atoms with van der Waals surface area (Å²) < 4.78 is 10.3. The van der Waals surface area contributed by atoms with E-state index in [1.807, 2.05) is 13.8 Å². The molecule has 1 aliphatic rings. The van der Waals surface area contributed by atoms with E-state index >= 15 is 0 Å². The van der Waals surface area contributed by atoms with Gasteiger partial charge < -0.3 is 9.47 Å². The standard InChI is InChI=1S/C13H24O3/c1-6-13(5,9-12(2,3)4)11(14)16-8-10-7-15-10/h10H,6-9H2,1-5H3. The predicted octanol–water partition coefficient (Wildman–Crippen LogP) is 2.78. The lowest BCUT2D eigenvalue weighted by Gasteiger charge is -2.32. The van der Waals surface area contributed by atoms with Gasteiger partial charge in [0, 0.05) is 0 Å². The molecule has 0 radical (unpaired) electrons. The lowest BCUT2D eigenvalue weighted by Crippen LogP contribution is -2.34. The zero-order chi connectivity index (χ0) is 12.4. The fourth-order valence-corrected chi connectivity index (χ4v) is 2.02. The lowest BCUT2D eigenvalue weighted by atomic mass is 9.73. The van der Waals surface area contributed by atoms with Gasteiger partial charge in [0.15, 0.2) is 0 Å². The van der Waals surface area contributed by atoms with Crippen molar-refractivity contribution in [3.63, 3.8) is 0 Å². The molecule has 1 aliphatic heterocycles. The second-order valence-electron chi connectivity index (χ2n) is 6.21. The summed E-state index contributed by atoms with van der Waals surface area (Å²) in [4.78, 5) is 12.0. The van der Waals surface area contributed by atoms with E-state index in [2.05, 4.69) is 20.8 Å². The van der Waals surface area contributed by atoms with E-state index in [9.17, 15) is 4.79 Å². The van der Waals surface area contributed by atoms with Gasteiger partial charge in [-0.05, 0) is 25.2 Å². The van der Waals surface area contributed by atoms with Crippen LogP contribution >= 0.6 is 0 Å². The minimum Gasteiger partial charge on any atom is -0.462 e. The molecule has 1 heterocycles. The lowest BCUT2D eigenvalue weighted by molar-refractivity contribution is -0.157. The molecule has 16 heavy (non-hydrogen) atoms. The average Bonchev–Trinajstić information content (AvgIpc) is 2.94. The van der Waals surface area contributed by atoms with Crippen LogP contribution in [0.1, 0.15) is 47.5 Å². The summed E-state index contributed by atoms with van der Waals surface area (Å²) in [5.74, 6) is -0.0829. The third kappa shape index (κ3) is 4.12. The number of epoxide rings is 1. The van der Waals surface area contributed by atoms with Crippen LogP contribution in [0.25, 0.3) is 0 Å². The number of hydrogen-bond donors (Lipinski definition) is 0. The van der Waals surface area contributed by atoms with Crippen molar-refractivity contribution < 1.29 is 14.3 Å². The van der Waals surface area contributed by atoms with Crippen LogP contribution in [0.4, 0.5) is 0 Å². The molecule has 0 aromatic rings. The molecule has 0 spiro atoms. The molecule has 0 N–H and O–H groups in total. The summed E-state index contributed by atoms with van der Waals surface area (Å²) in [6, 6.07) is 0. The number of hydrogen-bond acceptors (Lipinski definition) is 3. The normalized spacial score (nSPS) is 23.7. The van der Waals surface area contributed by atoms with Gasteiger partial charge in [-0.1, -0.05) is 27.7 Å². The highest BCUT2D eigenvalue weighted by molar-refractivity contribution is 5.76. The summed E-state index contributed by atoms with van der Waals surface area (Å²) >= 11 is 0. The molecule has 0 bridgehead atoms. The molecule has 3 nitrogen and oxygen atoms in total. The number of ether oxygens (including phenoxy) is 2. The topological polar surface area (TPSA) is 38.8 Å². The molecule has 0 aliphatic carbocycles. The molecule has 0 saturated carbocycles. The van der Waals surface area contributed by atoms with Crippen LogP contribution in [0, 0.1) is 10.8 Å². The fourth-order valence-electron chi connectivity index (χ4n) is 2.02. The Morgan fingerprint density at radius 3 is 2.31 bits per heavy atom. The van der Waals surface area contributed by atoms with Crippen molar-refractivity contribution in [2.24, 2.45) is 10.8 Å². The van der Waals surface area contributed by atoms with Gasteiger partial charge in [-0.25, -0.2) is 0 Å². The van der Waals surface area contributed by atoms with Gasteiger partial charge in [-0.15, -0.1) is 0 Å². The molecular formula is C13H24O3. The van der Waals surface area contributed by atoms with Gasteiger partial charge in [0.05, 0.1) is 12.0 Å². The van der Waals surface area contributed by atoms with Crippen molar-refractivity contribution >= 4 is 5.97 Å². The largest absolute Gasteiger partial charge is 0.462 e. The predicted molar refractivity (Wildman–Crippen MR) is 63.2 cm³/mol. The SMILES string of the molecule is CCC(C)(CC(C)(C)C)C(=O)OCC1CO1. The number of rotatable bonds is 5. The molecule has 2 atom stereocenters. The molecule has 0 aromatic heterocycles. The third-order valence-corrected chi connectivity index (χ3v) is 3.00. The fraction of sp³-hybridized carbons (Fsp3) is 0.923. The number of carbonyl (C=O) groups is 1. The van der Waals surface area contributed by atoms with Crippen molar-refractivity contribution in [2.45, 2.75) is 53.6 Å². The molecule has 1 saturated heterocycles. The molecule has 0 amide bonds. The van der Waals surface area contributed by atoms with E-state index in [0.29, 0.717) is 6.61 Å². The maximum Gasteiger partial charge on any atom is 0.311 e. The average molecular weight is 228 g/mol. The Morgan fingerprint density at radius 1 is 1.38 bits per heavy atom. The first-order valence-electron chi connectivity index (χ1n) is 6.06. The van der Waals surface area contributed by atoms with Gasteiger partial charge in [-0.3, -0.25) is 4.79 Å². The van der Waals surface area contributed by atoms with Crippen LogP contribution in [0.15, 0.2) is 0 Å². The van der Waals surface area contributed by atoms with Gasteiger partial charge in [-0.2, -0.15) is 0 Å². The third-order valence-electron chi connectivity index (χ3n) is 3.00. The van der Waals surface area contributed by atoms with E-state index < -0.39 is 0 Å². The summed E-state index contributed by atoms with van der Waals surface area (Å²) in [6.07, 6.45) is 1.81. The molecule has 3 heteroatoms. The highest BCUT2D eigenvalue weighted by atomic mass is 16.6. The first kappa shape index (κ1) is 13.5. The van der Waals surface area contributed by atoms with E-state index in [-0.39, 0.29) is 22.9 Å². The molecule has 0 aromatic carbocycles. The van der Waals surface area contributed by atoms with E-state index in [4.69, 9.17) is 9.47 Å². The maximum absolute atomic E-state index is 12.0. The molecule has 2 unspecified atom stereocenters. The van der Waals surface area contributed by atoms with Crippen molar-refractivity contribution in [3.05, 3.63) is 0 Å². The molecule has 1 rings (SSSR count). The molecular weight excluding hydrogens is 204 g/mol. The van der Waals surface area contributed by atoms with E-state index in [1.54, 1.807) is 0 Å². The first-order chi connectivity index (χ1) is 7.27. The van der Waals surface area contributed by atoms with Crippen LogP contribution in [-0.4, -0.2) is 25.3 Å². The zero-order valence-corrected chi connectivity index (χ0v) is 11.1. The highest BCUT2D eigenvalue weighted by Crippen LogP contribution is 2.37. The van der Waals surface area contributed by atoms with Crippen molar-refractivity contribution in [1.29, 1.82) is 0 Å². The van der Waals surface area contributed by atoms with Crippen molar-refractivity contribution in [1.82, 2.24) is 0 Å². The first-order valence-corrected chi connectivity index (χ1v) is 6.06. The Morgan fingerprint density at radius 2 is 1.94 bits per heavy atom. The van der Waals surface area contributed by atoms with Gasteiger partial charge in [0.2, 0.25) is 0 Å². The van der Waals surface area contributed by atoms with Gasteiger partial charge in [0.1, 0.15) is 12.7 Å². The highest BCUT2D eigenvalue weighted by Gasteiger charge is 2.38. The summed E-state index contributed by atoms with van der Waals surface area (Å²) in [6.45, 7) is 11.6. The maximum atomic E-state index is 12.0. The number of esters is 1. The van der Waals surface area contributed by atoms with Crippen molar-refractivity contribution in [2.75, 3.05) is 13.2 Å². The Kier molecular flexibility index (Phi) is 4.00. The van der Waals surface area contributed by atoms with Crippen LogP contribution in [-0.2, 0) is 14.3 Å². The second-order valence-corrected chi connectivity index (χ2v) is 6.21. The quantitative estimate of drug-likeness (QED) is 0.536. The number of carbonyl (C=O) groups excluding carboxylic acids is 1. The summed E-state index contributed by atoms with van der Waals surface area (Å²) in [5, 5.41) is 0. The van der Waals surface area contributed by atoms with Crippen LogP contribution in [0.2, 0.25) is 0 Å². The monoisotopic (exact) mass is 228 g/mol. The Hall–Kier alpha value is -0.570. The van der Waals surface area contributed by atoms with E-state index in [0.717, 1.165) is 19.4 Å². The minimum absolute atomic E-state index is 0.0829.